The molecule has 2 rings (SSSR count). The minimum Gasteiger partial charge on any atom is -0.493 e. The van der Waals surface area contributed by atoms with Gasteiger partial charge in [0.2, 0.25) is 5.91 Å². The van der Waals surface area contributed by atoms with Crippen LogP contribution in [0, 0.1) is 6.92 Å². The van der Waals surface area contributed by atoms with Crippen molar-refractivity contribution >= 4 is 29.4 Å². The molecular weight excluding hydrogens is 524 g/mol. The zero-order chi connectivity index (χ0) is 30.8. The van der Waals surface area contributed by atoms with Crippen molar-refractivity contribution in [2.75, 3.05) is 18.5 Å². The van der Waals surface area contributed by atoms with Crippen LogP contribution in [0.5, 0.6) is 5.75 Å². The Morgan fingerprint density at radius 3 is 2.29 bits per heavy atom. The van der Waals surface area contributed by atoms with Gasteiger partial charge in [-0.2, -0.15) is 0 Å². The first-order valence-electron chi connectivity index (χ1n) is 14.0. The number of amides is 2. The molecule has 2 amide bonds. The van der Waals surface area contributed by atoms with E-state index >= 15 is 0 Å². The lowest BCUT2D eigenvalue weighted by Gasteiger charge is -2.27. The number of hydrogen-bond acceptors (Lipinski definition) is 6. The summed E-state index contributed by atoms with van der Waals surface area (Å²) in [5.74, 6) is -1.99. The Morgan fingerprint density at radius 2 is 1.66 bits per heavy atom. The van der Waals surface area contributed by atoms with E-state index in [1.807, 2.05) is 12.1 Å². The van der Waals surface area contributed by atoms with Gasteiger partial charge < -0.3 is 25.2 Å². The average molecular weight is 569 g/mol. The van der Waals surface area contributed by atoms with E-state index in [1.54, 1.807) is 45.0 Å². The summed E-state index contributed by atoms with van der Waals surface area (Å²) in [4.78, 5) is 48.4. The zero-order valence-corrected chi connectivity index (χ0v) is 25.3. The zero-order valence-electron chi connectivity index (χ0n) is 25.3. The summed E-state index contributed by atoms with van der Waals surface area (Å²) in [6.07, 6.45) is 2.12. The van der Waals surface area contributed by atoms with Crippen LogP contribution in [0.2, 0.25) is 0 Å². The van der Waals surface area contributed by atoms with Crippen LogP contribution in [0.4, 0.5) is 5.69 Å². The van der Waals surface area contributed by atoms with Gasteiger partial charge in [-0.05, 0) is 81.3 Å². The highest BCUT2D eigenvalue weighted by molar-refractivity contribution is 6.05. The maximum Gasteiger partial charge on any atom is 0.342 e. The second-order valence-corrected chi connectivity index (χ2v) is 11.8. The molecule has 0 unspecified atom stereocenters. The molecule has 0 radical (unpaired) electrons. The predicted molar refractivity (Wildman–Crippen MR) is 159 cm³/mol. The van der Waals surface area contributed by atoms with Crippen LogP contribution in [0.1, 0.15) is 105 Å². The molecule has 0 aliphatic heterocycles. The number of anilines is 1. The Balaban J connectivity index is 2.19. The van der Waals surface area contributed by atoms with Crippen molar-refractivity contribution in [1.82, 2.24) is 5.32 Å². The summed E-state index contributed by atoms with van der Waals surface area (Å²) < 4.78 is 11.4. The lowest BCUT2D eigenvalue weighted by Crippen LogP contribution is -2.26. The topological polar surface area (TPSA) is 131 Å². The van der Waals surface area contributed by atoms with Crippen LogP contribution in [0.25, 0.3) is 0 Å². The van der Waals surface area contributed by atoms with Crippen LogP contribution in [-0.4, -0.2) is 47.6 Å². The highest BCUT2D eigenvalue weighted by atomic mass is 16.6. The molecule has 0 saturated carbocycles. The molecule has 9 heteroatoms. The number of ether oxygens (including phenoxy) is 2. The molecule has 3 N–H and O–H groups in total. The number of rotatable bonds is 14. The SMILES string of the molecule is CCCC(C)(C)c1cc(C(=O)Nc2ccc(C(=O)OC(C)(C)C)c(OCCCNC(=O)CCC(=O)O)c2)ccc1C. The molecule has 0 aliphatic carbocycles. The Labute approximate surface area is 243 Å². The quantitative estimate of drug-likeness (QED) is 0.187. The smallest absolute Gasteiger partial charge is 0.342 e. The normalized spacial score (nSPS) is 11.5. The molecule has 9 nitrogen and oxygen atoms in total. The van der Waals surface area contributed by atoms with Gasteiger partial charge >= 0.3 is 11.9 Å². The van der Waals surface area contributed by atoms with E-state index in [9.17, 15) is 19.2 Å². The number of carboxylic acid groups (broad SMARTS) is 1. The van der Waals surface area contributed by atoms with Crippen molar-refractivity contribution in [3.8, 4) is 5.75 Å². The van der Waals surface area contributed by atoms with Gasteiger partial charge in [-0.25, -0.2) is 4.79 Å². The van der Waals surface area contributed by atoms with Gasteiger partial charge in [0.25, 0.3) is 5.91 Å². The van der Waals surface area contributed by atoms with E-state index in [-0.39, 0.29) is 54.5 Å². The summed E-state index contributed by atoms with van der Waals surface area (Å²) in [7, 11) is 0. The fourth-order valence-electron chi connectivity index (χ4n) is 4.47. The van der Waals surface area contributed by atoms with Crippen molar-refractivity contribution < 1.29 is 33.8 Å². The van der Waals surface area contributed by atoms with Crippen LogP contribution in [0.15, 0.2) is 36.4 Å². The Kier molecular flexibility index (Phi) is 11.9. The average Bonchev–Trinajstić information content (AvgIpc) is 2.86. The second-order valence-electron chi connectivity index (χ2n) is 11.8. The third kappa shape index (κ3) is 10.9. The van der Waals surface area contributed by atoms with Crippen molar-refractivity contribution in [1.29, 1.82) is 0 Å². The van der Waals surface area contributed by atoms with Crippen LogP contribution >= 0.6 is 0 Å². The highest BCUT2D eigenvalue weighted by Gasteiger charge is 2.24. The number of nitrogens with one attached hydrogen (secondary N) is 2. The lowest BCUT2D eigenvalue weighted by molar-refractivity contribution is -0.138. The van der Waals surface area contributed by atoms with Crippen LogP contribution in [0.3, 0.4) is 0 Å². The number of aliphatic carboxylic acids is 1. The van der Waals surface area contributed by atoms with E-state index in [1.165, 1.54) is 0 Å². The van der Waals surface area contributed by atoms with Crippen molar-refractivity contribution in [3.63, 3.8) is 0 Å². The number of aryl methyl sites for hydroxylation is 1. The molecule has 224 valence electrons. The third-order valence-electron chi connectivity index (χ3n) is 6.43. The third-order valence-corrected chi connectivity index (χ3v) is 6.43. The molecule has 0 atom stereocenters. The number of esters is 1. The standard InChI is InChI=1S/C32H44N2O7/c1-8-16-32(6,7)25-19-22(11-10-21(25)2)29(38)34-23-12-13-24(30(39)41-31(3,4)5)26(20-23)40-18-9-17-33-27(35)14-15-28(36)37/h10-13,19-20H,8-9,14-18H2,1-7H3,(H,33,35)(H,34,38)(H,36,37). The van der Waals surface area contributed by atoms with Gasteiger partial charge in [-0.3, -0.25) is 14.4 Å². The summed E-state index contributed by atoms with van der Waals surface area (Å²) in [6.45, 7) is 14.3. The van der Waals surface area contributed by atoms with E-state index in [0.29, 0.717) is 17.7 Å². The predicted octanol–water partition coefficient (Wildman–Crippen LogP) is 6.03. The molecule has 0 aromatic heterocycles. The maximum absolute atomic E-state index is 13.2. The van der Waals surface area contributed by atoms with Gasteiger partial charge in [0, 0.05) is 30.3 Å². The maximum atomic E-state index is 13.2. The highest BCUT2D eigenvalue weighted by Crippen LogP contribution is 2.32. The molecule has 2 aromatic carbocycles. The molecule has 0 bridgehead atoms. The van der Waals surface area contributed by atoms with Crippen molar-refractivity contribution in [2.45, 2.75) is 91.6 Å². The van der Waals surface area contributed by atoms with Crippen molar-refractivity contribution in [3.05, 3.63) is 58.7 Å². The first kappa shape index (κ1) is 33.3. The van der Waals surface area contributed by atoms with Gasteiger partial charge in [-0.1, -0.05) is 33.3 Å². The second kappa shape index (κ2) is 14.7. The van der Waals surface area contributed by atoms with Crippen LogP contribution < -0.4 is 15.4 Å². The van der Waals surface area contributed by atoms with Gasteiger partial charge in [0.15, 0.2) is 0 Å². The Bertz CT molecular complexity index is 1250. The summed E-state index contributed by atoms with van der Waals surface area (Å²) in [6, 6.07) is 10.5. The van der Waals surface area contributed by atoms with E-state index in [2.05, 4.69) is 38.3 Å². The number of carbonyl (C=O) groups is 4. The molecule has 0 heterocycles. The summed E-state index contributed by atoms with van der Waals surface area (Å²) in [5.41, 5.74) is 2.68. The van der Waals surface area contributed by atoms with E-state index in [0.717, 1.165) is 24.0 Å². The first-order valence-corrected chi connectivity index (χ1v) is 14.0. The Hall–Kier alpha value is -3.88. The minimum absolute atomic E-state index is 0.0685. The van der Waals surface area contributed by atoms with Gasteiger partial charge in [0.05, 0.1) is 13.0 Å². The lowest BCUT2D eigenvalue weighted by atomic mass is 9.78. The molecule has 2 aromatic rings. The number of benzene rings is 2. The van der Waals surface area contributed by atoms with Crippen LogP contribution in [-0.2, 0) is 19.7 Å². The van der Waals surface area contributed by atoms with E-state index < -0.39 is 17.5 Å². The van der Waals surface area contributed by atoms with Gasteiger partial charge in [-0.15, -0.1) is 0 Å². The van der Waals surface area contributed by atoms with E-state index in [4.69, 9.17) is 14.6 Å². The first-order chi connectivity index (χ1) is 19.1. The largest absolute Gasteiger partial charge is 0.493 e. The number of carbonyl (C=O) groups excluding carboxylic acids is 3. The fourth-order valence-corrected chi connectivity index (χ4v) is 4.47. The molecular formula is C32H44N2O7. The molecule has 0 fully saturated rings. The molecule has 0 saturated heterocycles. The number of carboxylic acids is 1. The summed E-state index contributed by atoms with van der Waals surface area (Å²) in [5, 5.41) is 14.2. The minimum atomic E-state index is -1.03. The monoisotopic (exact) mass is 568 g/mol. The Morgan fingerprint density at radius 1 is 0.951 bits per heavy atom. The number of hydrogen-bond donors (Lipinski definition) is 3. The molecule has 41 heavy (non-hydrogen) atoms. The van der Waals surface area contributed by atoms with Gasteiger partial charge in [0.1, 0.15) is 16.9 Å². The molecule has 0 spiro atoms. The van der Waals surface area contributed by atoms with Crippen molar-refractivity contribution in [2.24, 2.45) is 0 Å². The fraction of sp³-hybridized carbons (Fsp3) is 0.500. The summed E-state index contributed by atoms with van der Waals surface area (Å²) >= 11 is 0. The molecule has 0 aliphatic rings.